The number of imidazole rings is 1. The van der Waals surface area contributed by atoms with Crippen LogP contribution in [-0.4, -0.2) is 48.4 Å². The summed E-state index contributed by atoms with van der Waals surface area (Å²) in [6.07, 6.45) is 3.64. The summed E-state index contributed by atoms with van der Waals surface area (Å²) in [7, 11) is -2.00. The number of hydrogen-bond donors (Lipinski definition) is 0. The molecule has 1 aliphatic heterocycles. The van der Waals surface area contributed by atoms with Crippen LogP contribution in [0.1, 0.15) is 53.9 Å². The number of halogens is 1. The molecule has 2 unspecified atom stereocenters. The Morgan fingerprint density at radius 2 is 2.10 bits per heavy atom. The Labute approximate surface area is 179 Å². The monoisotopic (exact) mass is 447 g/mol. The molecule has 10 heteroatoms. The third-order valence-corrected chi connectivity index (χ3v) is 11.9. The maximum Gasteiger partial charge on any atom is 0.383 e. The molecule has 0 amide bonds. The molecule has 0 spiro atoms. The summed E-state index contributed by atoms with van der Waals surface area (Å²) in [5, 5.41) is 11.2. The first-order valence-electron chi connectivity index (χ1n) is 10.4. The van der Waals surface area contributed by atoms with Crippen LogP contribution in [0.3, 0.4) is 0 Å². The lowest BCUT2D eigenvalue weighted by molar-refractivity contribution is -0.389. The second-order valence-electron chi connectivity index (χ2n) is 8.59. The van der Waals surface area contributed by atoms with Crippen LogP contribution in [0, 0.1) is 10.1 Å². The summed E-state index contributed by atoms with van der Waals surface area (Å²) in [5.74, 6) is -0.274. The van der Waals surface area contributed by atoms with E-state index in [0.29, 0.717) is 19.8 Å². The van der Waals surface area contributed by atoms with Crippen molar-refractivity contribution in [2.45, 2.75) is 89.9 Å². The third-order valence-electron chi connectivity index (χ3n) is 5.84. The first-order valence-corrected chi connectivity index (χ1v) is 13.1. The van der Waals surface area contributed by atoms with Crippen LogP contribution in [0.25, 0.3) is 0 Å². The van der Waals surface area contributed by atoms with Crippen LogP contribution in [0.2, 0.25) is 22.4 Å². The van der Waals surface area contributed by atoms with E-state index < -0.39 is 13.2 Å². The number of aromatic nitrogens is 2. The fourth-order valence-electron chi connectivity index (χ4n) is 3.97. The fraction of sp³-hybridized carbons (Fsp3) is 0.842. The fourth-order valence-corrected chi connectivity index (χ4v) is 8.14. The van der Waals surface area contributed by atoms with E-state index in [1.807, 2.05) is 0 Å². The predicted octanol–water partition coefficient (Wildman–Crippen LogP) is 5.16. The molecule has 2 rings (SSSR count). The smallest absolute Gasteiger partial charge is 0.383 e. The van der Waals surface area contributed by atoms with Gasteiger partial charge in [0.2, 0.25) is 0 Å². The molecule has 1 aliphatic rings. The molecule has 0 aliphatic carbocycles. The van der Waals surface area contributed by atoms with Gasteiger partial charge in [0.05, 0.1) is 13.2 Å². The van der Waals surface area contributed by atoms with E-state index in [-0.39, 0.29) is 28.5 Å². The standard InChI is InChI=1S/C19H34ClN3O5Si/c1-6-29(7-2,19(3,4)5)27-14-15(28-17-10-8-9-11-26-17)12-22-13-16(23(24)25)21-18(22)20/h13,15,17H,6-12,14H2,1-5H3. The van der Waals surface area contributed by atoms with Crippen molar-refractivity contribution in [3.05, 3.63) is 21.6 Å². The SMILES string of the molecule is CC[Si](CC)(OCC(Cn1cc([N+](=O)[O-])nc1Cl)OC1CCCCO1)C(C)(C)C. The second-order valence-corrected chi connectivity index (χ2v) is 14.1. The number of hydrogen-bond acceptors (Lipinski definition) is 6. The molecular formula is C19H34ClN3O5Si. The topological polar surface area (TPSA) is 88.7 Å². The first-order chi connectivity index (χ1) is 13.6. The molecule has 1 saturated heterocycles. The minimum absolute atomic E-state index is 0.0696. The summed E-state index contributed by atoms with van der Waals surface area (Å²) in [6.45, 7) is 12.5. The van der Waals surface area contributed by atoms with E-state index >= 15 is 0 Å². The molecule has 29 heavy (non-hydrogen) atoms. The van der Waals surface area contributed by atoms with Crippen molar-refractivity contribution >= 4 is 25.7 Å². The minimum Gasteiger partial charge on any atom is -0.414 e. The van der Waals surface area contributed by atoms with E-state index in [9.17, 15) is 10.1 Å². The summed E-state index contributed by atoms with van der Waals surface area (Å²) in [4.78, 5) is 14.3. The van der Waals surface area contributed by atoms with Gasteiger partial charge in [-0.2, -0.15) is 0 Å². The third kappa shape index (κ3) is 6.24. The van der Waals surface area contributed by atoms with Crippen LogP contribution in [0.5, 0.6) is 0 Å². The molecule has 0 saturated carbocycles. The lowest BCUT2D eigenvalue weighted by Crippen LogP contribution is -2.48. The zero-order valence-electron chi connectivity index (χ0n) is 18.1. The summed E-state index contributed by atoms with van der Waals surface area (Å²) in [5.41, 5.74) is 0. The Morgan fingerprint density at radius 1 is 1.41 bits per heavy atom. The van der Waals surface area contributed by atoms with Gasteiger partial charge in [-0.05, 0) is 57.9 Å². The lowest BCUT2D eigenvalue weighted by Gasteiger charge is -2.42. The van der Waals surface area contributed by atoms with Crippen LogP contribution in [0.4, 0.5) is 5.82 Å². The van der Waals surface area contributed by atoms with Gasteiger partial charge in [0.15, 0.2) is 14.6 Å². The second kappa shape index (κ2) is 10.3. The van der Waals surface area contributed by atoms with Crippen molar-refractivity contribution in [2.75, 3.05) is 13.2 Å². The quantitative estimate of drug-likeness (QED) is 0.279. The van der Waals surface area contributed by atoms with Crippen LogP contribution in [0.15, 0.2) is 6.20 Å². The molecule has 0 N–H and O–H groups in total. The molecule has 0 aromatic carbocycles. The molecule has 8 nitrogen and oxygen atoms in total. The molecule has 2 heterocycles. The Bertz CT molecular complexity index is 669. The van der Waals surface area contributed by atoms with Gasteiger partial charge < -0.3 is 24.0 Å². The number of nitrogens with zero attached hydrogens (tertiary/aromatic N) is 3. The molecule has 166 valence electrons. The predicted molar refractivity (Wildman–Crippen MR) is 115 cm³/mol. The molecule has 1 aromatic rings. The van der Waals surface area contributed by atoms with Gasteiger partial charge in [-0.15, -0.1) is 0 Å². The Hall–Kier alpha value is -1.00. The summed E-state index contributed by atoms with van der Waals surface area (Å²) < 4.78 is 20.1. The van der Waals surface area contributed by atoms with Crippen LogP contribution in [-0.2, 0) is 20.4 Å². The van der Waals surface area contributed by atoms with Gasteiger partial charge in [0, 0.05) is 6.61 Å². The molecule has 0 radical (unpaired) electrons. The maximum absolute atomic E-state index is 11.0. The Balaban J connectivity index is 2.17. The van der Waals surface area contributed by atoms with Crippen LogP contribution >= 0.6 is 11.6 Å². The maximum atomic E-state index is 11.0. The summed E-state index contributed by atoms with van der Waals surface area (Å²) >= 11 is 6.12. The minimum atomic E-state index is -2.00. The van der Waals surface area contributed by atoms with Crippen molar-refractivity contribution in [1.29, 1.82) is 0 Å². The molecular weight excluding hydrogens is 414 g/mol. The van der Waals surface area contributed by atoms with E-state index in [4.69, 9.17) is 25.5 Å². The van der Waals surface area contributed by atoms with Crippen molar-refractivity contribution < 1.29 is 18.8 Å². The summed E-state index contributed by atoms with van der Waals surface area (Å²) in [6, 6.07) is 2.02. The average Bonchev–Trinajstić information content (AvgIpc) is 3.03. The van der Waals surface area contributed by atoms with Crippen LogP contribution < -0.4 is 0 Å². The highest BCUT2D eigenvalue weighted by Gasteiger charge is 2.44. The van der Waals surface area contributed by atoms with Gasteiger partial charge in [0.1, 0.15) is 12.3 Å². The van der Waals surface area contributed by atoms with Crippen molar-refractivity contribution in [2.24, 2.45) is 0 Å². The number of rotatable bonds is 10. The Morgan fingerprint density at radius 3 is 2.59 bits per heavy atom. The van der Waals surface area contributed by atoms with E-state index in [0.717, 1.165) is 31.4 Å². The lowest BCUT2D eigenvalue weighted by atomic mass is 10.2. The van der Waals surface area contributed by atoms with Gasteiger partial charge in [-0.25, -0.2) is 0 Å². The number of ether oxygens (including phenoxy) is 2. The highest BCUT2D eigenvalue weighted by molar-refractivity contribution is 6.76. The van der Waals surface area contributed by atoms with Gasteiger partial charge in [-0.1, -0.05) is 34.6 Å². The van der Waals surface area contributed by atoms with Gasteiger partial charge in [-0.3, -0.25) is 4.57 Å². The zero-order chi connectivity index (χ0) is 21.7. The molecule has 0 bridgehead atoms. The molecule has 1 aromatic heterocycles. The van der Waals surface area contributed by atoms with E-state index in [1.54, 1.807) is 4.57 Å². The molecule has 2 atom stereocenters. The molecule has 1 fully saturated rings. The highest BCUT2D eigenvalue weighted by Crippen LogP contribution is 2.42. The zero-order valence-corrected chi connectivity index (χ0v) is 19.9. The van der Waals surface area contributed by atoms with Gasteiger partial charge >= 0.3 is 11.1 Å². The van der Waals surface area contributed by atoms with Crippen molar-refractivity contribution in [3.8, 4) is 0 Å². The first kappa shape index (κ1) is 24.3. The largest absolute Gasteiger partial charge is 0.414 e. The van der Waals surface area contributed by atoms with E-state index in [1.165, 1.54) is 6.20 Å². The van der Waals surface area contributed by atoms with E-state index in [2.05, 4.69) is 39.6 Å². The average molecular weight is 448 g/mol. The normalized spacial score (nSPS) is 19.3. The van der Waals surface area contributed by atoms with Crippen molar-refractivity contribution in [3.63, 3.8) is 0 Å². The Kier molecular flexibility index (Phi) is 8.66. The van der Waals surface area contributed by atoms with Crippen molar-refractivity contribution in [1.82, 2.24) is 9.55 Å². The number of nitro groups is 1. The highest BCUT2D eigenvalue weighted by atomic mass is 35.5. The van der Waals surface area contributed by atoms with Gasteiger partial charge in [0.25, 0.3) is 0 Å².